The molecule has 0 atom stereocenters. The molecular formula is C16H27NO4. The first-order valence-corrected chi connectivity index (χ1v) is 7.55. The molecule has 0 spiro atoms. The summed E-state index contributed by atoms with van der Waals surface area (Å²) in [4.78, 5) is 25.1. The third-order valence-corrected chi connectivity index (χ3v) is 3.42. The van der Waals surface area contributed by atoms with Gasteiger partial charge in [0.1, 0.15) is 5.60 Å². The summed E-state index contributed by atoms with van der Waals surface area (Å²) in [5.41, 5.74) is 0.561. The van der Waals surface area contributed by atoms with Crippen molar-refractivity contribution in [2.45, 2.75) is 53.1 Å². The van der Waals surface area contributed by atoms with E-state index in [9.17, 15) is 9.59 Å². The number of carbonyl (C=O) groups is 2. The molecule has 0 aromatic rings. The molecule has 1 aliphatic heterocycles. The molecule has 0 saturated carbocycles. The third-order valence-electron chi connectivity index (χ3n) is 3.42. The first-order valence-electron chi connectivity index (χ1n) is 7.55. The quantitative estimate of drug-likeness (QED) is 0.593. The van der Waals surface area contributed by atoms with E-state index in [4.69, 9.17) is 9.47 Å². The van der Waals surface area contributed by atoms with Crippen LogP contribution in [0.2, 0.25) is 0 Å². The van der Waals surface area contributed by atoms with Crippen molar-refractivity contribution in [1.82, 2.24) is 4.90 Å². The molecule has 0 bridgehead atoms. The van der Waals surface area contributed by atoms with E-state index in [0.29, 0.717) is 25.6 Å². The lowest BCUT2D eigenvalue weighted by Gasteiger charge is -2.33. The smallest absolute Gasteiger partial charge is 0.410 e. The Morgan fingerprint density at radius 2 is 1.81 bits per heavy atom. The van der Waals surface area contributed by atoms with Crippen LogP contribution >= 0.6 is 0 Å². The van der Waals surface area contributed by atoms with Gasteiger partial charge in [-0.05, 0) is 53.4 Å². The van der Waals surface area contributed by atoms with Crippen molar-refractivity contribution in [1.29, 1.82) is 0 Å². The number of esters is 1. The SMILES string of the molecule is CCOC(=O)C=C(C)C1CCN(C(=O)OC(C)(C)C)CC1. The zero-order valence-corrected chi connectivity index (χ0v) is 13.8. The van der Waals surface area contributed by atoms with Gasteiger partial charge in [0.25, 0.3) is 0 Å². The molecule has 0 radical (unpaired) electrons. The lowest BCUT2D eigenvalue weighted by atomic mass is 9.90. The first kappa shape index (κ1) is 17.5. The van der Waals surface area contributed by atoms with Crippen molar-refractivity contribution < 1.29 is 19.1 Å². The summed E-state index contributed by atoms with van der Waals surface area (Å²) in [7, 11) is 0. The second-order valence-corrected chi connectivity index (χ2v) is 6.38. The van der Waals surface area contributed by atoms with E-state index >= 15 is 0 Å². The lowest BCUT2D eigenvalue weighted by Crippen LogP contribution is -2.41. The minimum absolute atomic E-state index is 0.257. The highest BCUT2D eigenvalue weighted by atomic mass is 16.6. The van der Waals surface area contributed by atoms with Gasteiger partial charge in [0, 0.05) is 19.2 Å². The van der Waals surface area contributed by atoms with Crippen LogP contribution in [0.5, 0.6) is 0 Å². The Morgan fingerprint density at radius 3 is 2.29 bits per heavy atom. The van der Waals surface area contributed by atoms with Crippen LogP contribution in [0.25, 0.3) is 0 Å². The summed E-state index contributed by atoms with van der Waals surface area (Å²) in [5, 5.41) is 0. The number of hydrogen-bond acceptors (Lipinski definition) is 4. The van der Waals surface area contributed by atoms with Gasteiger partial charge in [-0.15, -0.1) is 0 Å². The van der Waals surface area contributed by atoms with Crippen LogP contribution < -0.4 is 0 Å². The van der Waals surface area contributed by atoms with Gasteiger partial charge < -0.3 is 14.4 Å². The van der Waals surface area contributed by atoms with Crippen molar-refractivity contribution >= 4 is 12.1 Å². The fraction of sp³-hybridized carbons (Fsp3) is 0.750. The number of amides is 1. The van der Waals surface area contributed by atoms with E-state index in [0.717, 1.165) is 18.4 Å². The number of hydrogen-bond donors (Lipinski definition) is 0. The number of nitrogens with zero attached hydrogens (tertiary/aromatic N) is 1. The molecule has 0 N–H and O–H groups in total. The minimum Gasteiger partial charge on any atom is -0.463 e. The maximum absolute atomic E-state index is 12.0. The van der Waals surface area contributed by atoms with E-state index in [1.165, 1.54) is 0 Å². The highest BCUT2D eigenvalue weighted by molar-refractivity contribution is 5.82. The highest BCUT2D eigenvalue weighted by Gasteiger charge is 2.27. The van der Waals surface area contributed by atoms with Gasteiger partial charge in [0.05, 0.1) is 6.61 Å². The molecule has 5 nitrogen and oxygen atoms in total. The maximum atomic E-state index is 12.0. The zero-order chi connectivity index (χ0) is 16.0. The predicted octanol–water partition coefficient (Wildman–Crippen LogP) is 3.14. The van der Waals surface area contributed by atoms with Crippen LogP contribution in [0.15, 0.2) is 11.6 Å². The molecular weight excluding hydrogens is 270 g/mol. The first-order chi connectivity index (χ1) is 9.73. The van der Waals surface area contributed by atoms with Gasteiger partial charge >= 0.3 is 12.1 Å². The molecule has 0 aliphatic carbocycles. The fourth-order valence-electron chi connectivity index (χ4n) is 2.33. The Morgan fingerprint density at radius 1 is 1.24 bits per heavy atom. The van der Waals surface area contributed by atoms with Crippen molar-refractivity contribution in [2.75, 3.05) is 19.7 Å². The number of carbonyl (C=O) groups excluding carboxylic acids is 2. The number of allylic oxidation sites excluding steroid dienone is 1. The minimum atomic E-state index is -0.465. The number of rotatable bonds is 3. The normalized spacial score (nSPS) is 17.6. The fourth-order valence-corrected chi connectivity index (χ4v) is 2.33. The molecule has 0 aromatic heterocycles. The molecule has 1 rings (SSSR count). The maximum Gasteiger partial charge on any atom is 0.410 e. The zero-order valence-electron chi connectivity index (χ0n) is 13.8. The molecule has 1 aliphatic rings. The average Bonchev–Trinajstić information content (AvgIpc) is 2.37. The molecule has 1 fully saturated rings. The average molecular weight is 297 g/mol. The van der Waals surface area contributed by atoms with Gasteiger partial charge in [0.15, 0.2) is 0 Å². The topological polar surface area (TPSA) is 55.8 Å². The second kappa shape index (κ2) is 7.48. The number of likely N-dealkylation sites (tertiary alicyclic amines) is 1. The third kappa shape index (κ3) is 6.19. The van der Waals surface area contributed by atoms with Crippen LogP contribution in [0.3, 0.4) is 0 Å². The van der Waals surface area contributed by atoms with E-state index in [1.54, 1.807) is 17.9 Å². The van der Waals surface area contributed by atoms with E-state index in [2.05, 4.69) is 0 Å². The van der Waals surface area contributed by atoms with Gasteiger partial charge in [-0.1, -0.05) is 5.57 Å². The summed E-state index contributed by atoms with van der Waals surface area (Å²) in [6, 6.07) is 0. The summed E-state index contributed by atoms with van der Waals surface area (Å²) in [6.07, 6.45) is 3.01. The monoisotopic (exact) mass is 297 g/mol. The van der Waals surface area contributed by atoms with Gasteiger partial charge in [0.2, 0.25) is 0 Å². The lowest BCUT2D eigenvalue weighted by molar-refractivity contribution is -0.137. The van der Waals surface area contributed by atoms with E-state index in [-0.39, 0.29) is 12.1 Å². The molecule has 1 saturated heterocycles. The second-order valence-electron chi connectivity index (χ2n) is 6.38. The number of piperidine rings is 1. The molecule has 0 unspecified atom stereocenters. The van der Waals surface area contributed by atoms with Crippen molar-refractivity contribution in [3.63, 3.8) is 0 Å². The van der Waals surface area contributed by atoms with Gasteiger partial charge in [-0.3, -0.25) is 0 Å². The van der Waals surface area contributed by atoms with Crippen LogP contribution in [-0.4, -0.2) is 42.3 Å². The summed E-state index contributed by atoms with van der Waals surface area (Å²) < 4.78 is 10.3. The Kier molecular flexibility index (Phi) is 6.24. The standard InChI is InChI=1S/C16H27NO4/c1-6-20-14(18)11-12(2)13-7-9-17(10-8-13)15(19)21-16(3,4)5/h11,13H,6-10H2,1-5H3. The Balaban J connectivity index is 2.48. The van der Waals surface area contributed by atoms with Crippen LogP contribution in [0, 0.1) is 5.92 Å². The van der Waals surface area contributed by atoms with Gasteiger partial charge in [-0.25, -0.2) is 9.59 Å². The molecule has 1 heterocycles. The molecule has 1 amide bonds. The largest absolute Gasteiger partial charge is 0.463 e. The molecule has 0 aromatic carbocycles. The van der Waals surface area contributed by atoms with Crippen molar-refractivity contribution in [3.05, 3.63) is 11.6 Å². The van der Waals surface area contributed by atoms with E-state index in [1.807, 2.05) is 27.7 Å². The summed E-state index contributed by atoms with van der Waals surface area (Å²) >= 11 is 0. The van der Waals surface area contributed by atoms with Crippen LogP contribution in [0.4, 0.5) is 4.79 Å². The molecule has 5 heteroatoms. The molecule has 21 heavy (non-hydrogen) atoms. The highest BCUT2D eigenvalue weighted by Crippen LogP contribution is 2.25. The molecule has 120 valence electrons. The van der Waals surface area contributed by atoms with Crippen LogP contribution in [0.1, 0.15) is 47.5 Å². The van der Waals surface area contributed by atoms with Crippen molar-refractivity contribution in [2.24, 2.45) is 5.92 Å². The Bertz CT molecular complexity index is 401. The van der Waals surface area contributed by atoms with E-state index < -0.39 is 5.60 Å². The summed E-state index contributed by atoms with van der Waals surface area (Å²) in [5.74, 6) is 0.0395. The summed E-state index contributed by atoms with van der Waals surface area (Å²) in [6.45, 7) is 11.0. The Hall–Kier alpha value is -1.52. The van der Waals surface area contributed by atoms with Crippen molar-refractivity contribution in [3.8, 4) is 0 Å². The Labute approximate surface area is 127 Å². The van der Waals surface area contributed by atoms with Gasteiger partial charge in [-0.2, -0.15) is 0 Å². The predicted molar refractivity (Wildman–Crippen MR) is 80.9 cm³/mol. The van der Waals surface area contributed by atoms with Crippen LogP contribution in [-0.2, 0) is 14.3 Å². The number of ether oxygens (including phenoxy) is 2.